The Morgan fingerprint density at radius 2 is 1.89 bits per heavy atom. The van der Waals surface area contributed by atoms with Crippen molar-refractivity contribution in [3.05, 3.63) is 17.7 Å². The van der Waals surface area contributed by atoms with Crippen LogP contribution in [0, 0.1) is 0 Å². The molecule has 0 aromatic heterocycles. The van der Waals surface area contributed by atoms with Gasteiger partial charge >= 0.3 is 0 Å². The zero-order valence-electron chi connectivity index (χ0n) is 15.8. The molecular weight excluding hydrogens is 352 g/mol. The van der Waals surface area contributed by atoms with Gasteiger partial charge in [-0.2, -0.15) is 0 Å². The largest absolute Gasteiger partial charge is 0.493 e. The second-order valence-electron chi connectivity index (χ2n) is 7.01. The Labute approximate surface area is 157 Å². The number of carbonyl (C=O) groups excluding carboxylic acids is 2. The fraction of sp³-hybridized carbons (Fsp3) is 0.579. The summed E-state index contributed by atoms with van der Waals surface area (Å²) in [5, 5.41) is 0. The lowest BCUT2D eigenvalue weighted by atomic mass is 10.1. The monoisotopic (exact) mass is 376 g/mol. The zero-order chi connectivity index (χ0) is 19.2. The van der Waals surface area contributed by atoms with E-state index in [1.165, 1.54) is 0 Å². The average molecular weight is 376 g/mol. The van der Waals surface area contributed by atoms with Crippen molar-refractivity contribution in [1.82, 2.24) is 9.80 Å². The van der Waals surface area contributed by atoms with Crippen LogP contribution in [0.25, 0.3) is 0 Å². The molecule has 3 saturated heterocycles. The van der Waals surface area contributed by atoms with E-state index in [0.29, 0.717) is 49.8 Å². The summed E-state index contributed by atoms with van der Waals surface area (Å²) in [6.45, 7) is 1.75. The van der Waals surface area contributed by atoms with Gasteiger partial charge in [0.15, 0.2) is 17.2 Å². The van der Waals surface area contributed by atoms with Crippen molar-refractivity contribution in [2.45, 2.75) is 31.0 Å². The normalized spacial score (nSPS) is 26.2. The summed E-state index contributed by atoms with van der Waals surface area (Å²) in [5.74, 6) is 1.56. The number of carbonyl (C=O) groups is 2. The van der Waals surface area contributed by atoms with Gasteiger partial charge in [-0.1, -0.05) is 0 Å². The summed E-state index contributed by atoms with van der Waals surface area (Å²) < 4.78 is 22.0. The molecule has 3 aliphatic rings. The molecule has 146 valence electrons. The summed E-state index contributed by atoms with van der Waals surface area (Å²) >= 11 is 0. The van der Waals surface area contributed by atoms with E-state index in [4.69, 9.17) is 18.9 Å². The number of amides is 2. The number of methoxy groups -OCH3 is 3. The van der Waals surface area contributed by atoms with Crippen molar-refractivity contribution >= 4 is 11.8 Å². The van der Waals surface area contributed by atoms with Gasteiger partial charge in [-0.05, 0) is 17.7 Å². The maximum Gasteiger partial charge on any atom is 0.227 e. The van der Waals surface area contributed by atoms with Gasteiger partial charge in [0.05, 0.1) is 46.8 Å². The van der Waals surface area contributed by atoms with Crippen LogP contribution in [0.1, 0.15) is 18.4 Å². The molecule has 0 radical (unpaired) electrons. The smallest absolute Gasteiger partial charge is 0.227 e. The quantitative estimate of drug-likeness (QED) is 0.757. The second-order valence-corrected chi connectivity index (χ2v) is 7.01. The molecule has 1 spiro atoms. The maximum atomic E-state index is 13.0. The van der Waals surface area contributed by atoms with Gasteiger partial charge in [-0.3, -0.25) is 9.59 Å². The molecule has 27 heavy (non-hydrogen) atoms. The molecule has 0 saturated carbocycles. The second kappa shape index (κ2) is 6.60. The fourth-order valence-electron chi connectivity index (χ4n) is 4.60. The predicted octanol–water partition coefficient (Wildman–Crippen LogP) is 0.815. The molecule has 2 atom stereocenters. The first kappa shape index (κ1) is 17.9. The van der Waals surface area contributed by atoms with Crippen molar-refractivity contribution in [2.75, 3.05) is 41.0 Å². The molecule has 1 aromatic carbocycles. The van der Waals surface area contributed by atoms with Gasteiger partial charge in [0.1, 0.15) is 0 Å². The van der Waals surface area contributed by atoms with E-state index in [9.17, 15) is 9.59 Å². The molecular formula is C19H24N2O6. The first-order valence-electron chi connectivity index (χ1n) is 9.07. The summed E-state index contributed by atoms with van der Waals surface area (Å²) in [4.78, 5) is 28.9. The van der Waals surface area contributed by atoms with E-state index in [1.807, 2.05) is 4.90 Å². The lowest BCUT2D eigenvalue weighted by Crippen LogP contribution is -2.49. The minimum atomic E-state index is -0.609. The molecule has 3 fully saturated rings. The van der Waals surface area contributed by atoms with E-state index in [1.54, 1.807) is 38.4 Å². The Bertz CT molecular complexity index is 756. The van der Waals surface area contributed by atoms with Crippen LogP contribution in [-0.4, -0.2) is 74.4 Å². The average Bonchev–Trinajstić information content (AvgIpc) is 3.31. The Morgan fingerprint density at radius 1 is 1.19 bits per heavy atom. The third kappa shape index (κ3) is 2.62. The zero-order valence-corrected chi connectivity index (χ0v) is 15.8. The third-order valence-corrected chi connectivity index (χ3v) is 5.80. The molecule has 0 aliphatic carbocycles. The first-order chi connectivity index (χ1) is 13.0. The highest BCUT2D eigenvalue weighted by atomic mass is 16.5. The van der Waals surface area contributed by atoms with Crippen LogP contribution in [0.2, 0.25) is 0 Å². The standard InChI is InChI=1S/C19H24N2O6/c1-24-13-8-12(9-14(25-2)18(13)26-3)10-16(22)20-5-4-19-15(20)11-17(23)21(19)6-7-27-19/h8-9,15H,4-7,10-11H2,1-3H3/t15-,19+/m1/s1. The molecule has 0 bridgehead atoms. The molecule has 2 amide bonds. The molecule has 4 rings (SSSR count). The van der Waals surface area contributed by atoms with E-state index < -0.39 is 5.72 Å². The minimum Gasteiger partial charge on any atom is -0.493 e. The molecule has 8 nitrogen and oxygen atoms in total. The van der Waals surface area contributed by atoms with Crippen LogP contribution in [0.15, 0.2) is 12.1 Å². The molecule has 3 aliphatic heterocycles. The highest BCUT2D eigenvalue weighted by Crippen LogP contribution is 2.46. The Hall–Kier alpha value is -2.48. The van der Waals surface area contributed by atoms with Crippen molar-refractivity contribution < 1.29 is 28.5 Å². The van der Waals surface area contributed by atoms with Gasteiger partial charge in [0.2, 0.25) is 17.6 Å². The highest BCUT2D eigenvalue weighted by Gasteiger charge is 2.62. The van der Waals surface area contributed by atoms with Gasteiger partial charge in [0, 0.05) is 19.5 Å². The van der Waals surface area contributed by atoms with Crippen LogP contribution in [0.5, 0.6) is 17.2 Å². The highest BCUT2D eigenvalue weighted by molar-refractivity contribution is 5.85. The molecule has 3 heterocycles. The van der Waals surface area contributed by atoms with Crippen LogP contribution in [0.3, 0.4) is 0 Å². The van der Waals surface area contributed by atoms with E-state index in [0.717, 1.165) is 5.56 Å². The molecule has 1 aromatic rings. The van der Waals surface area contributed by atoms with Crippen LogP contribution in [0.4, 0.5) is 0 Å². The Kier molecular flexibility index (Phi) is 4.38. The lowest BCUT2D eigenvalue weighted by molar-refractivity contribution is -0.139. The van der Waals surface area contributed by atoms with Crippen LogP contribution >= 0.6 is 0 Å². The van der Waals surface area contributed by atoms with Gasteiger partial charge in [-0.25, -0.2) is 0 Å². The van der Waals surface area contributed by atoms with Gasteiger partial charge in [-0.15, -0.1) is 0 Å². The topological polar surface area (TPSA) is 77.5 Å². The maximum absolute atomic E-state index is 13.0. The number of hydrogen-bond donors (Lipinski definition) is 0. The fourth-order valence-corrected chi connectivity index (χ4v) is 4.60. The van der Waals surface area contributed by atoms with Crippen molar-refractivity contribution in [3.63, 3.8) is 0 Å². The molecule has 0 unspecified atom stereocenters. The number of nitrogens with zero attached hydrogens (tertiary/aromatic N) is 2. The van der Waals surface area contributed by atoms with Crippen molar-refractivity contribution in [2.24, 2.45) is 0 Å². The Balaban J connectivity index is 1.56. The summed E-state index contributed by atoms with van der Waals surface area (Å²) in [7, 11) is 4.63. The van der Waals surface area contributed by atoms with Crippen LogP contribution in [-0.2, 0) is 20.7 Å². The number of rotatable bonds is 5. The van der Waals surface area contributed by atoms with Crippen molar-refractivity contribution in [1.29, 1.82) is 0 Å². The predicted molar refractivity (Wildman–Crippen MR) is 94.9 cm³/mol. The van der Waals surface area contributed by atoms with Gasteiger partial charge < -0.3 is 28.7 Å². The first-order valence-corrected chi connectivity index (χ1v) is 9.07. The lowest BCUT2D eigenvalue weighted by Gasteiger charge is -2.31. The summed E-state index contributed by atoms with van der Waals surface area (Å²) in [5.41, 5.74) is 0.158. The summed E-state index contributed by atoms with van der Waals surface area (Å²) in [6, 6.07) is 3.36. The minimum absolute atomic E-state index is 0.0312. The number of likely N-dealkylation sites (tertiary alicyclic amines) is 1. The van der Waals surface area contributed by atoms with E-state index >= 15 is 0 Å². The van der Waals surface area contributed by atoms with Crippen molar-refractivity contribution in [3.8, 4) is 17.2 Å². The summed E-state index contributed by atoms with van der Waals surface area (Å²) in [6.07, 6.45) is 1.20. The molecule has 0 N–H and O–H groups in total. The van der Waals surface area contributed by atoms with E-state index in [2.05, 4.69) is 0 Å². The molecule has 8 heteroatoms. The number of benzene rings is 1. The van der Waals surface area contributed by atoms with Crippen LogP contribution < -0.4 is 14.2 Å². The SMILES string of the molecule is COc1cc(CC(=O)N2CC[C@@]34OCCN3C(=O)C[C@@H]24)cc(OC)c1OC. The van der Waals surface area contributed by atoms with Gasteiger partial charge in [0.25, 0.3) is 0 Å². The number of ether oxygens (including phenoxy) is 4. The van der Waals surface area contributed by atoms with E-state index in [-0.39, 0.29) is 24.3 Å². The third-order valence-electron chi connectivity index (χ3n) is 5.80. The Morgan fingerprint density at radius 3 is 2.52 bits per heavy atom. The number of hydrogen-bond acceptors (Lipinski definition) is 6.